The molecule has 4 nitrogen and oxygen atoms in total. The summed E-state index contributed by atoms with van der Waals surface area (Å²) in [5.41, 5.74) is 2.74. The summed E-state index contributed by atoms with van der Waals surface area (Å²) in [7, 11) is 4.14. The van der Waals surface area contributed by atoms with Gasteiger partial charge >= 0.3 is 5.97 Å². The molecule has 4 heteroatoms. The van der Waals surface area contributed by atoms with Crippen LogP contribution in [0, 0.1) is 0 Å². The molecule has 0 aliphatic rings. The number of rotatable bonds is 6. The summed E-state index contributed by atoms with van der Waals surface area (Å²) < 4.78 is 0. The number of nitrogens with zero attached hydrogens (tertiary/aromatic N) is 2. The summed E-state index contributed by atoms with van der Waals surface area (Å²) in [6.45, 7) is 9.64. The number of hydrogen-bond donors (Lipinski definition) is 1. The highest BCUT2D eigenvalue weighted by atomic mass is 16.4. The van der Waals surface area contributed by atoms with Crippen LogP contribution in [-0.2, 0) is 6.54 Å². The lowest BCUT2D eigenvalue weighted by atomic mass is 10.2. The van der Waals surface area contributed by atoms with Crippen molar-refractivity contribution in [3.05, 3.63) is 65.7 Å². The van der Waals surface area contributed by atoms with Crippen LogP contribution < -0.4 is 4.90 Å². The van der Waals surface area contributed by atoms with Gasteiger partial charge < -0.3 is 10.0 Å². The van der Waals surface area contributed by atoms with E-state index in [1.807, 2.05) is 19.2 Å². The van der Waals surface area contributed by atoms with Gasteiger partial charge in [-0.15, -0.1) is 0 Å². The van der Waals surface area contributed by atoms with E-state index < -0.39 is 5.97 Å². The number of aromatic carboxylic acids is 1. The van der Waals surface area contributed by atoms with E-state index in [4.69, 9.17) is 5.11 Å². The van der Waals surface area contributed by atoms with Crippen LogP contribution in [0.5, 0.6) is 0 Å². The molecule has 0 aliphatic heterocycles. The molecule has 0 bridgehead atoms. The minimum Gasteiger partial charge on any atom is -0.478 e. The Balaban J connectivity index is 0.000000263. The summed E-state index contributed by atoms with van der Waals surface area (Å²) in [6.07, 6.45) is 0. The molecular formula is C22H32N2O2. The topological polar surface area (TPSA) is 43.8 Å². The molecule has 2 aromatic carbocycles. The lowest BCUT2D eigenvalue weighted by molar-refractivity contribution is 0.0697. The highest BCUT2D eigenvalue weighted by molar-refractivity contribution is 5.88. The fourth-order valence-corrected chi connectivity index (χ4v) is 2.19. The van der Waals surface area contributed by atoms with Crippen LogP contribution in [0.4, 0.5) is 5.69 Å². The maximum absolute atomic E-state index is 10.6. The monoisotopic (exact) mass is 356 g/mol. The standard InChI is InChI=1S/C11H15NO2.C11H17N/c1-8(2)12(3)10-6-4-9(5-7-10)11(13)14;1-10(2)12(3)9-11-7-5-4-6-8-11/h4-8H,1-3H3,(H,13,14);4-8,10H,9H2,1-3H3. The summed E-state index contributed by atoms with van der Waals surface area (Å²) in [4.78, 5) is 15.0. The molecule has 0 saturated carbocycles. The molecule has 0 fully saturated rings. The molecule has 0 heterocycles. The Hall–Kier alpha value is -2.33. The van der Waals surface area contributed by atoms with Crippen molar-refractivity contribution in [2.75, 3.05) is 19.0 Å². The largest absolute Gasteiger partial charge is 0.478 e. The van der Waals surface area contributed by atoms with Gasteiger partial charge in [-0.25, -0.2) is 4.79 Å². The van der Waals surface area contributed by atoms with Crippen molar-refractivity contribution in [3.8, 4) is 0 Å². The molecule has 142 valence electrons. The normalized spacial score (nSPS) is 10.7. The van der Waals surface area contributed by atoms with Crippen LogP contribution in [0.15, 0.2) is 54.6 Å². The molecule has 0 saturated heterocycles. The fraction of sp³-hybridized carbons (Fsp3) is 0.409. The molecule has 0 aromatic heterocycles. The molecule has 0 amide bonds. The summed E-state index contributed by atoms with van der Waals surface area (Å²) in [5, 5.41) is 8.71. The van der Waals surface area contributed by atoms with Crippen molar-refractivity contribution in [2.45, 2.75) is 46.3 Å². The van der Waals surface area contributed by atoms with Gasteiger partial charge in [-0.05, 0) is 64.6 Å². The molecule has 0 radical (unpaired) electrons. The van der Waals surface area contributed by atoms with Gasteiger partial charge in [0.25, 0.3) is 0 Å². The van der Waals surface area contributed by atoms with Crippen LogP contribution in [0.2, 0.25) is 0 Å². The summed E-state index contributed by atoms with van der Waals surface area (Å²) in [5.74, 6) is -0.885. The quantitative estimate of drug-likeness (QED) is 0.811. The fourth-order valence-electron chi connectivity index (χ4n) is 2.19. The molecule has 0 unspecified atom stereocenters. The lowest BCUT2D eigenvalue weighted by Crippen LogP contribution is -2.25. The Morgan fingerprint density at radius 1 is 0.885 bits per heavy atom. The number of anilines is 1. The minimum atomic E-state index is -0.885. The molecule has 0 atom stereocenters. The maximum atomic E-state index is 10.6. The number of carboxylic acids is 1. The van der Waals surface area contributed by atoms with Gasteiger partial charge in [-0.1, -0.05) is 30.3 Å². The Kier molecular flexibility index (Phi) is 8.86. The van der Waals surface area contributed by atoms with E-state index in [9.17, 15) is 4.79 Å². The van der Waals surface area contributed by atoms with Gasteiger partial charge in [0, 0.05) is 31.4 Å². The molecule has 2 rings (SSSR count). The van der Waals surface area contributed by atoms with Crippen LogP contribution >= 0.6 is 0 Å². The van der Waals surface area contributed by atoms with Crippen molar-refractivity contribution in [2.24, 2.45) is 0 Å². The number of hydrogen-bond acceptors (Lipinski definition) is 3. The molecule has 1 N–H and O–H groups in total. The average Bonchev–Trinajstić information content (AvgIpc) is 2.62. The Morgan fingerprint density at radius 2 is 1.42 bits per heavy atom. The second kappa shape index (κ2) is 10.6. The van der Waals surface area contributed by atoms with E-state index in [0.29, 0.717) is 17.6 Å². The van der Waals surface area contributed by atoms with Crippen molar-refractivity contribution in [1.29, 1.82) is 0 Å². The molecular weight excluding hydrogens is 324 g/mol. The van der Waals surface area contributed by atoms with Crippen molar-refractivity contribution >= 4 is 11.7 Å². The Labute approximate surface area is 158 Å². The first-order valence-corrected chi connectivity index (χ1v) is 9.02. The van der Waals surface area contributed by atoms with E-state index in [1.165, 1.54) is 5.56 Å². The zero-order valence-corrected chi connectivity index (χ0v) is 16.8. The van der Waals surface area contributed by atoms with E-state index in [-0.39, 0.29) is 0 Å². The molecule has 0 spiro atoms. The number of carbonyl (C=O) groups is 1. The van der Waals surface area contributed by atoms with Gasteiger partial charge in [0.15, 0.2) is 0 Å². The van der Waals surface area contributed by atoms with Gasteiger partial charge in [0.2, 0.25) is 0 Å². The van der Waals surface area contributed by atoms with Crippen molar-refractivity contribution in [1.82, 2.24) is 4.90 Å². The highest BCUT2D eigenvalue weighted by Gasteiger charge is 2.06. The van der Waals surface area contributed by atoms with Gasteiger partial charge in [-0.2, -0.15) is 0 Å². The molecule has 2 aromatic rings. The first-order chi connectivity index (χ1) is 12.2. The minimum absolute atomic E-state index is 0.325. The summed E-state index contributed by atoms with van der Waals surface area (Å²) >= 11 is 0. The molecule has 0 aliphatic carbocycles. The second-order valence-corrected chi connectivity index (χ2v) is 7.05. The van der Waals surface area contributed by atoms with Crippen molar-refractivity contribution < 1.29 is 9.90 Å². The Morgan fingerprint density at radius 3 is 1.85 bits per heavy atom. The third-order valence-corrected chi connectivity index (χ3v) is 4.45. The summed E-state index contributed by atoms with van der Waals surface area (Å²) in [6, 6.07) is 18.5. The van der Waals surface area contributed by atoms with Crippen LogP contribution in [0.1, 0.15) is 43.6 Å². The molecule has 26 heavy (non-hydrogen) atoms. The predicted octanol–water partition coefficient (Wildman–Crippen LogP) is 4.76. The van der Waals surface area contributed by atoms with E-state index in [2.05, 4.69) is 74.9 Å². The van der Waals surface area contributed by atoms with E-state index in [0.717, 1.165) is 12.2 Å². The van der Waals surface area contributed by atoms with Crippen LogP contribution in [-0.4, -0.2) is 42.2 Å². The third-order valence-electron chi connectivity index (χ3n) is 4.45. The SMILES string of the molecule is CC(C)N(C)Cc1ccccc1.CC(C)N(C)c1ccc(C(=O)O)cc1. The van der Waals surface area contributed by atoms with E-state index in [1.54, 1.807) is 12.1 Å². The smallest absolute Gasteiger partial charge is 0.335 e. The lowest BCUT2D eigenvalue weighted by Gasteiger charge is -2.23. The van der Waals surface area contributed by atoms with Gasteiger partial charge in [-0.3, -0.25) is 4.90 Å². The second-order valence-electron chi connectivity index (χ2n) is 7.05. The number of benzene rings is 2. The van der Waals surface area contributed by atoms with Crippen LogP contribution in [0.25, 0.3) is 0 Å². The highest BCUT2D eigenvalue weighted by Crippen LogP contribution is 2.15. The first-order valence-electron chi connectivity index (χ1n) is 9.02. The van der Waals surface area contributed by atoms with Crippen LogP contribution in [0.3, 0.4) is 0 Å². The number of carboxylic acid groups (broad SMARTS) is 1. The average molecular weight is 357 g/mol. The van der Waals surface area contributed by atoms with Crippen molar-refractivity contribution in [3.63, 3.8) is 0 Å². The van der Waals surface area contributed by atoms with Gasteiger partial charge in [0.1, 0.15) is 0 Å². The maximum Gasteiger partial charge on any atom is 0.335 e. The zero-order chi connectivity index (χ0) is 19.7. The van der Waals surface area contributed by atoms with E-state index >= 15 is 0 Å². The Bertz CT molecular complexity index is 652. The van der Waals surface area contributed by atoms with Gasteiger partial charge in [0.05, 0.1) is 5.56 Å². The first kappa shape index (κ1) is 21.7. The third kappa shape index (κ3) is 7.28. The predicted molar refractivity (Wildman–Crippen MR) is 110 cm³/mol. The zero-order valence-electron chi connectivity index (χ0n) is 16.8.